The van der Waals surface area contributed by atoms with E-state index >= 15 is 0 Å². The monoisotopic (exact) mass is 424 g/mol. The van der Waals surface area contributed by atoms with Gasteiger partial charge in [-0.3, -0.25) is 4.79 Å². The molecule has 0 spiro atoms. The van der Waals surface area contributed by atoms with Crippen molar-refractivity contribution < 1.29 is 9.18 Å². The molecule has 0 aliphatic heterocycles. The second kappa shape index (κ2) is 8.73. The van der Waals surface area contributed by atoms with E-state index < -0.39 is 0 Å². The van der Waals surface area contributed by atoms with E-state index in [0.717, 1.165) is 5.56 Å². The number of carbonyl (C=O) groups is 1. The number of anilines is 1. The van der Waals surface area contributed by atoms with Crippen LogP contribution in [0.25, 0.3) is 11.4 Å². The number of carbonyl (C=O) groups excluding carboxylic acids is 1. The van der Waals surface area contributed by atoms with Gasteiger partial charge in [0.2, 0.25) is 5.91 Å². The van der Waals surface area contributed by atoms with Crippen LogP contribution in [0.3, 0.4) is 0 Å². The van der Waals surface area contributed by atoms with Crippen LogP contribution >= 0.6 is 35.0 Å². The number of aromatic nitrogens is 3. The molecule has 140 valence electrons. The van der Waals surface area contributed by atoms with Crippen LogP contribution in [0, 0.1) is 5.82 Å². The average molecular weight is 425 g/mol. The molecule has 0 unspecified atom stereocenters. The molecular formula is C18H15Cl2FN4OS. The molecule has 0 radical (unpaired) electrons. The molecular weight excluding hydrogens is 410 g/mol. The second-order valence-corrected chi connectivity index (χ2v) is 7.30. The molecule has 27 heavy (non-hydrogen) atoms. The van der Waals surface area contributed by atoms with Gasteiger partial charge in [-0.1, -0.05) is 35.0 Å². The summed E-state index contributed by atoms with van der Waals surface area (Å²) in [5, 5.41) is 12.7. The summed E-state index contributed by atoms with van der Waals surface area (Å²) in [5.74, 6) is 0.180. The number of amides is 1. The van der Waals surface area contributed by atoms with Crippen LogP contribution in [0.2, 0.25) is 10.0 Å². The Labute approximate surface area is 169 Å². The van der Waals surface area contributed by atoms with E-state index in [9.17, 15) is 9.18 Å². The molecule has 5 nitrogen and oxygen atoms in total. The van der Waals surface area contributed by atoms with Crippen molar-refractivity contribution in [3.63, 3.8) is 0 Å². The highest BCUT2D eigenvalue weighted by atomic mass is 35.5. The standard InChI is InChI=1S/C18H15Cl2FN4OS/c1-2-25-17(14-8-3-11(19)9-15(14)20)23-24-18(25)27-10-16(26)22-13-6-4-12(21)5-7-13/h3-9H,2,10H2,1H3,(H,22,26). The molecule has 0 fully saturated rings. The van der Waals surface area contributed by atoms with Crippen molar-refractivity contribution in [3.8, 4) is 11.4 Å². The summed E-state index contributed by atoms with van der Waals surface area (Å²) in [5.41, 5.74) is 1.26. The summed E-state index contributed by atoms with van der Waals surface area (Å²) in [4.78, 5) is 12.1. The maximum absolute atomic E-state index is 12.9. The van der Waals surface area contributed by atoms with E-state index in [1.807, 2.05) is 11.5 Å². The fourth-order valence-electron chi connectivity index (χ4n) is 2.41. The Morgan fingerprint density at radius 2 is 1.93 bits per heavy atom. The number of rotatable bonds is 6. The molecule has 3 aromatic rings. The van der Waals surface area contributed by atoms with Crippen molar-refractivity contribution >= 4 is 46.6 Å². The Balaban J connectivity index is 1.71. The molecule has 0 aliphatic rings. The van der Waals surface area contributed by atoms with Crippen molar-refractivity contribution in [2.45, 2.75) is 18.6 Å². The van der Waals surface area contributed by atoms with Crippen molar-refractivity contribution in [1.82, 2.24) is 14.8 Å². The summed E-state index contributed by atoms with van der Waals surface area (Å²) in [6, 6.07) is 10.8. The van der Waals surface area contributed by atoms with Crippen molar-refractivity contribution in [2.75, 3.05) is 11.1 Å². The fourth-order valence-corrected chi connectivity index (χ4v) is 3.71. The van der Waals surface area contributed by atoms with Gasteiger partial charge in [0.15, 0.2) is 11.0 Å². The molecule has 1 amide bonds. The van der Waals surface area contributed by atoms with Crippen LogP contribution in [-0.4, -0.2) is 26.4 Å². The van der Waals surface area contributed by atoms with Gasteiger partial charge >= 0.3 is 0 Å². The van der Waals surface area contributed by atoms with Gasteiger partial charge in [0.1, 0.15) is 5.82 Å². The van der Waals surface area contributed by atoms with Gasteiger partial charge in [-0.15, -0.1) is 10.2 Å². The number of nitrogens with one attached hydrogen (secondary N) is 1. The first kappa shape index (κ1) is 19.7. The first-order valence-electron chi connectivity index (χ1n) is 8.04. The number of thioether (sulfide) groups is 1. The van der Waals surface area contributed by atoms with E-state index in [0.29, 0.717) is 33.3 Å². The lowest BCUT2D eigenvalue weighted by Gasteiger charge is -2.09. The van der Waals surface area contributed by atoms with Crippen LogP contribution in [0.1, 0.15) is 6.92 Å². The zero-order chi connectivity index (χ0) is 19.4. The third-order valence-corrected chi connectivity index (χ3v) is 5.18. The van der Waals surface area contributed by atoms with Gasteiger partial charge in [0, 0.05) is 22.8 Å². The second-order valence-electron chi connectivity index (χ2n) is 5.52. The van der Waals surface area contributed by atoms with Gasteiger partial charge < -0.3 is 9.88 Å². The SMILES string of the molecule is CCn1c(SCC(=O)Nc2ccc(F)cc2)nnc1-c1ccc(Cl)cc1Cl. The van der Waals surface area contributed by atoms with Gasteiger partial charge in [0.25, 0.3) is 0 Å². The molecule has 0 saturated heterocycles. The number of hydrogen-bond acceptors (Lipinski definition) is 4. The lowest BCUT2D eigenvalue weighted by Crippen LogP contribution is -2.14. The molecule has 1 heterocycles. The summed E-state index contributed by atoms with van der Waals surface area (Å²) in [6.07, 6.45) is 0. The van der Waals surface area contributed by atoms with E-state index in [4.69, 9.17) is 23.2 Å². The largest absolute Gasteiger partial charge is 0.325 e. The van der Waals surface area contributed by atoms with Gasteiger partial charge in [-0.05, 0) is 49.4 Å². The third kappa shape index (κ3) is 4.80. The minimum absolute atomic E-state index is 0.143. The molecule has 1 N–H and O–H groups in total. The summed E-state index contributed by atoms with van der Waals surface area (Å²) >= 11 is 13.5. The average Bonchev–Trinajstić information content (AvgIpc) is 3.04. The molecule has 1 aromatic heterocycles. The molecule has 0 atom stereocenters. The molecule has 3 rings (SSSR count). The van der Waals surface area contributed by atoms with Crippen LogP contribution < -0.4 is 5.32 Å². The van der Waals surface area contributed by atoms with E-state index in [1.54, 1.807) is 18.2 Å². The molecule has 2 aromatic carbocycles. The summed E-state index contributed by atoms with van der Waals surface area (Å²) in [7, 11) is 0. The number of hydrogen-bond donors (Lipinski definition) is 1. The Morgan fingerprint density at radius 3 is 2.59 bits per heavy atom. The Hall–Kier alpha value is -2.09. The Morgan fingerprint density at radius 1 is 1.19 bits per heavy atom. The van der Waals surface area contributed by atoms with Crippen LogP contribution in [0.4, 0.5) is 10.1 Å². The predicted molar refractivity (Wildman–Crippen MR) is 107 cm³/mol. The number of halogens is 3. The molecule has 0 aliphatic carbocycles. The van der Waals surface area contributed by atoms with Crippen molar-refractivity contribution in [2.24, 2.45) is 0 Å². The highest BCUT2D eigenvalue weighted by molar-refractivity contribution is 7.99. The minimum Gasteiger partial charge on any atom is -0.325 e. The lowest BCUT2D eigenvalue weighted by atomic mass is 10.2. The minimum atomic E-state index is -0.355. The molecule has 0 bridgehead atoms. The van der Waals surface area contributed by atoms with Crippen LogP contribution in [0.5, 0.6) is 0 Å². The maximum atomic E-state index is 12.9. The van der Waals surface area contributed by atoms with Gasteiger partial charge in [-0.25, -0.2) is 4.39 Å². The summed E-state index contributed by atoms with van der Waals surface area (Å²) < 4.78 is 14.8. The van der Waals surface area contributed by atoms with Gasteiger partial charge in [0.05, 0.1) is 10.8 Å². The first-order valence-corrected chi connectivity index (χ1v) is 9.79. The fraction of sp³-hybridized carbons (Fsp3) is 0.167. The quantitative estimate of drug-likeness (QED) is 0.556. The normalized spacial score (nSPS) is 10.8. The Kier molecular flexibility index (Phi) is 6.36. The molecule has 0 saturated carbocycles. The van der Waals surface area contributed by atoms with E-state index in [-0.39, 0.29) is 17.5 Å². The zero-order valence-corrected chi connectivity index (χ0v) is 16.6. The van der Waals surface area contributed by atoms with Crippen molar-refractivity contribution in [1.29, 1.82) is 0 Å². The van der Waals surface area contributed by atoms with Crippen molar-refractivity contribution in [3.05, 3.63) is 58.3 Å². The smallest absolute Gasteiger partial charge is 0.234 e. The number of nitrogens with zero attached hydrogens (tertiary/aromatic N) is 3. The third-order valence-electron chi connectivity index (χ3n) is 3.67. The highest BCUT2D eigenvalue weighted by Gasteiger charge is 2.17. The van der Waals surface area contributed by atoms with Crippen LogP contribution in [0.15, 0.2) is 47.6 Å². The maximum Gasteiger partial charge on any atom is 0.234 e. The van der Waals surface area contributed by atoms with Crippen LogP contribution in [-0.2, 0) is 11.3 Å². The topological polar surface area (TPSA) is 59.8 Å². The zero-order valence-electron chi connectivity index (χ0n) is 14.2. The first-order chi connectivity index (χ1) is 13.0. The predicted octanol–water partition coefficient (Wildman–Crippen LogP) is 5.14. The van der Waals surface area contributed by atoms with E-state index in [1.165, 1.54) is 36.0 Å². The Bertz CT molecular complexity index is 962. The van der Waals surface area contributed by atoms with Gasteiger partial charge in [-0.2, -0.15) is 0 Å². The lowest BCUT2D eigenvalue weighted by molar-refractivity contribution is -0.113. The van der Waals surface area contributed by atoms with E-state index in [2.05, 4.69) is 15.5 Å². The molecule has 9 heteroatoms. The number of benzene rings is 2. The summed E-state index contributed by atoms with van der Waals surface area (Å²) in [6.45, 7) is 2.57. The highest BCUT2D eigenvalue weighted by Crippen LogP contribution is 2.31.